The molecular weight excluding hydrogens is 408 g/mol. The van der Waals surface area contributed by atoms with Crippen molar-refractivity contribution in [2.24, 2.45) is 5.73 Å². The molecule has 0 aromatic heterocycles. The van der Waals surface area contributed by atoms with Crippen LogP contribution in [0, 0.1) is 0 Å². The zero-order valence-electron chi connectivity index (χ0n) is 14.4. The van der Waals surface area contributed by atoms with Crippen LogP contribution in [0.1, 0.15) is 23.6 Å². The average Bonchev–Trinajstić information content (AvgIpc) is 2.54. The third-order valence-electron chi connectivity index (χ3n) is 3.47. The van der Waals surface area contributed by atoms with Crippen LogP contribution in [0.5, 0.6) is 11.5 Å². The first-order valence-electron chi connectivity index (χ1n) is 7.91. The van der Waals surface area contributed by atoms with Gasteiger partial charge in [0.2, 0.25) is 5.91 Å². The summed E-state index contributed by atoms with van der Waals surface area (Å²) >= 11 is 1.18. The molecule has 1 amide bonds. The van der Waals surface area contributed by atoms with Crippen LogP contribution < -0.4 is 10.5 Å². The van der Waals surface area contributed by atoms with Gasteiger partial charge in [0.15, 0.2) is 0 Å². The number of nitrogens with two attached hydrogens (primary N) is 1. The fourth-order valence-electron chi connectivity index (χ4n) is 2.39. The van der Waals surface area contributed by atoms with E-state index in [1.165, 1.54) is 17.8 Å². The molecule has 3 nitrogen and oxygen atoms in total. The van der Waals surface area contributed by atoms with Crippen molar-refractivity contribution in [2.45, 2.75) is 30.6 Å². The lowest BCUT2D eigenvalue weighted by molar-refractivity contribution is -0.139. The van der Waals surface area contributed by atoms with Crippen LogP contribution in [0.2, 0.25) is 0 Å². The van der Waals surface area contributed by atoms with Crippen molar-refractivity contribution >= 4 is 17.7 Å². The van der Waals surface area contributed by atoms with Crippen LogP contribution in [-0.4, -0.2) is 11.7 Å². The van der Waals surface area contributed by atoms with E-state index in [1.54, 1.807) is 6.92 Å². The van der Waals surface area contributed by atoms with Crippen molar-refractivity contribution in [3.8, 4) is 11.5 Å². The molecule has 0 saturated carbocycles. The molecule has 0 spiro atoms. The number of hydrogen-bond donors (Lipinski definition) is 1. The molecular formula is C18H15F6NO2S. The Morgan fingerprint density at radius 2 is 1.71 bits per heavy atom. The Morgan fingerprint density at radius 1 is 1.04 bits per heavy atom. The van der Waals surface area contributed by atoms with Crippen LogP contribution in [0.3, 0.4) is 0 Å². The summed E-state index contributed by atoms with van der Waals surface area (Å²) in [5, 5.41) is 0. The first-order chi connectivity index (χ1) is 12.9. The van der Waals surface area contributed by atoms with E-state index in [4.69, 9.17) is 10.5 Å². The van der Waals surface area contributed by atoms with E-state index >= 15 is 0 Å². The lowest BCUT2D eigenvalue weighted by Gasteiger charge is -2.17. The van der Waals surface area contributed by atoms with Gasteiger partial charge in [0.1, 0.15) is 11.5 Å². The highest BCUT2D eigenvalue weighted by molar-refractivity contribution is 7.99. The third kappa shape index (κ3) is 5.82. The maximum Gasteiger partial charge on any atom is 0.420 e. The second-order valence-corrected chi connectivity index (χ2v) is 7.03. The van der Waals surface area contributed by atoms with E-state index in [0.29, 0.717) is 22.8 Å². The summed E-state index contributed by atoms with van der Waals surface area (Å²) in [5.74, 6) is -1.46. The lowest BCUT2D eigenvalue weighted by Crippen LogP contribution is -2.15. The molecule has 0 bridgehead atoms. The van der Waals surface area contributed by atoms with Gasteiger partial charge in [0.25, 0.3) is 0 Å². The van der Waals surface area contributed by atoms with E-state index in [0.717, 1.165) is 18.2 Å². The maximum absolute atomic E-state index is 13.4. The second-order valence-electron chi connectivity index (χ2n) is 5.70. The van der Waals surface area contributed by atoms with Crippen LogP contribution in [-0.2, 0) is 23.6 Å². The minimum absolute atomic E-state index is 0.121. The summed E-state index contributed by atoms with van der Waals surface area (Å²) in [6, 6.07) is 5.63. The van der Waals surface area contributed by atoms with Crippen molar-refractivity contribution in [1.29, 1.82) is 0 Å². The third-order valence-corrected chi connectivity index (χ3v) is 4.34. The summed E-state index contributed by atoms with van der Waals surface area (Å²) in [4.78, 5) is 11.4. The summed E-state index contributed by atoms with van der Waals surface area (Å²) in [7, 11) is 0. The van der Waals surface area contributed by atoms with Crippen LogP contribution in [0.4, 0.5) is 26.3 Å². The maximum atomic E-state index is 13.4. The number of rotatable bonds is 6. The SMILES string of the molecule is CCSc1ccc(Oc2cc(CC(N)=O)cc(C(F)(F)F)c2)c(C(F)(F)F)c1. The highest BCUT2D eigenvalue weighted by Gasteiger charge is 2.35. The average molecular weight is 423 g/mol. The predicted octanol–water partition coefficient (Wildman–Crippen LogP) is 5.66. The second kappa shape index (κ2) is 8.34. The number of carbonyl (C=O) groups is 1. The molecule has 0 atom stereocenters. The summed E-state index contributed by atoms with van der Waals surface area (Å²) in [6.07, 6.45) is -10.1. The minimum atomic E-state index is -4.78. The van der Waals surface area contributed by atoms with Gasteiger partial charge in [-0.25, -0.2) is 0 Å². The van der Waals surface area contributed by atoms with Gasteiger partial charge in [-0.3, -0.25) is 4.79 Å². The number of halogens is 6. The van der Waals surface area contributed by atoms with Crippen molar-refractivity contribution < 1.29 is 35.9 Å². The first kappa shape index (κ1) is 21.9. The van der Waals surface area contributed by atoms with Crippen molar-refractivity contribution in [1.82, 2.24) is 0 Å². The van der Waals surface area contributed by atoms with Gasteiger partial charge in [-0.2, -0.15) is 26.3 Å². The molecule has 0 fully saturated rings. The number of ether oxygens (including phenoxy) is 1. The number of primary amides is 1. The van der Waals surface area contributed by atoms with Gasteiger partial charge < -0.3 is 10.5 Å². The van der Waals surface area contributed by atoms with E-state index < -0.39 is 47.3 Å². The Labute approximate surface area is 160 Å². The predicted molar refractivity (Wildman–Crippen MR) is 92.3 cm³/mol. The molecule has 2 rings (SSSR count). The van der Waals surface area contributed by atoms with E-state index in [9.17, 15) is 31.1 Å². The summed E-state index contributed by atoms with van der Waals surface area (Å²) in [5.41, 5.74) is 2.61. The van der Waals surface area contributed by atoms with Gasteiger partial charge in [0, 0.05) is 4.90 Å². The molecule has 0 radical (unpaired) electrons. The Balaban J connectivity index is 2.50. The molecule has 10 heteroatoms. The topological polar surface area (TPSA) is 52.3 Å². The fourth-order valence-corrected chi connectivity index (χ4v) is 3.09. The van der Waals surface area contributed by atoms with E-state index in [1.807, 2.05) is 0 Å². The number of thioether (sulfide) groups is 1. The molecule has 152 valence electrons. The summed E-state index contributed by atoms with van der Waals surface area (Å²) < 4.78 is 84.5. The van der Waals surface area contributed by atoms with Gasteiger partial charge in [-0.15, -0.1) is 11.8 Å². The standard InChI is InChI=1S/C18H15F6NO2S/c1-2-28-13-3-4-15(14(9-13)18(22,23)24)27-12-6-10(7-16(25)26)5-11(8-12)17(19,20)21/h3-6,8-9H,2,7H2,1H3,(H2,25,26). The Kier molecular flexibility index (Phi) is 6.53. The van der Waals surface area contributed by atoms with Crippen LogP contribution >= 0.6 is 11.8 Å². The van der Waals surface area contributed by atoms with Crippen LogP contribution in [0.15, 0.2) is 41.3 Å². The molecule has 0 aliphatic rings. The van der Waals surface area contributed by atoms with Gasteiger partial charge in [0.05, 0.1) is 17.5 Å². The lowest BCUT2D eigenvalue weighted by atomic mass is 10.1. The van der Waals surface area contributed by atoms with E-state index in [2.05, 4.69) is 0 Å². The molecule has 28 heavy (non-hydrogen) atoms. The fraction of sp³-hybridized carbons (Fsp3) is 0.278. The number of benzene rings is 2. The number of alkyl halides is 6. The Hall–Kier alpha value is -2.36. The smallest absolute Gasteiger partial charge is 0.420 e. The van der Waals surface area contributed by atoms with E-state index in [-0.39, 0.29) is 5.56 Å². The number of carbonyl (C=O) groups excluding carboxylic acids is 1. The Bertz CT molecular complexity index is 864. The molecule has 0 heterocycles. The first-order valence-corrected chi connectivity index (χ1v) is 8.90. The molecule has 2 aromatic carbocycles. The van der Waals surface area contributed by atoms with Gasteiger partial charge in [-0.05, 0) is 47.7 Å². The molecule has 0 aliphatic carbocycles. The van der Waals surface area contributed by atoms with Gasteiger partial charge in [-0.1, -0.05) is 6.92 Å². The molecule has 2 aromatic rings. The quantitative estimate of drug-likeness (QED) is 0.482. The zero-order valence-corrected chi connectivity index (χ0v) is 15.3. The highest BCUT2D eigenvalue weighted by Crippen LogP contribution is 2.41. The summed E-state index contributed by atoms with van der Waals surface area (Å²) in [6.45, 7) is 1.77. The van der Waals surface area contributed by atoms with Crippen molar-refractivity contribution in [2.75, 3.05) is 5.75 Å². The largest absolute Gasteiger partial charge is 0.457 e. The Morgan fingerprint density at radius 3 is 2.25 bits per heavy atom. The van der Waals surface area contributed by atoms with Crippen molar-refractivity contribution in [3.63, 3.8) is 0 Å². The molecule has 0 aliphatic heterocycles. The number of hydrogen-bond acceptors (Lipinski definition) is 3. The van der Waals surface area contributed by atoms with Crippen molar-refractivity contribution in [3.05, 3.63) is 53.1 Å². The highest BCUT2D eigenvalue weighted by atomic mass is 32.2. The monoisotopic (exact) mass is 423 g/mol. The minimum Gasteiger partial charge on any atom is -0.457 e. The molecule has 0 saturated heterocycles. The zero-order chi connectivity index (χ0) is 21.1. The molecule has 2 N–H and O–H groups in total. The van der Waals surface area contributed by atoms with Gasteiger partial charge >= 0.3 is 12.4 Å². The van der Waals surface area contributed by atoms with Crippen LogP contribution in [0.25, 0.3) is 0 Å². The molecule has 0 unspecified atom stereocenters. The number of amides is 1. The normalized spacial score (nSPS) is 12.1.